The Hall–Kier alpha value is -2.37. The summed E-state index contributed by atoms with van der Waals surface area (Å²) in [5, 5.41) is 3.24. The van der Waals surface area contributed by atoms with E-state index in [0.717, 1.165) is 29.9 Å². The van der Waals surface area contributed by atoms with Crippen molar-refractivity contribution in [3.8, 4) is 5.88 Å². The Kier molecular flexibility index (Phi) is 5.31. The highest BCUT2D eigenvalue weighted by atomic mass is 16.5. The van der Waals surface area contributed by atoms with E-state index in [9.17, 15) is 0 Å². The van der Waals surface area contributed by atoms with Crippen molar-refractivity contribution in [3.05, 3.63) is 30.1 Å². The van der Waals surface area contributed by atoms with Gasteiger partial charge in [-0.25, -0.2) is 9.97 Å². The number of anilines is 3. The Labute approximate surface area is 124 Å². The largest absolute Gasteiger partial charge is 0.481 e. The second kappa shape index (κ2) is 7.42. The van der Waals surface area contributed by atoms with Gasteiger partial charge in [-0.2, -0.15) is 4.98 Å². The Morgan fingerprint density at radius 2 is 2.05 bits per heavy atom. The number of unbranched alkanes of at least 4 members (excludes halogenated alkanes) is 2. The fraction of sp³-hybridized carbons (Fsp3) is 0.400. The van der Waals surface area contributed by atoms with Crippen LogP contribution in [0.2, 0.25) is 0 Å². The minimum atomic E-state index is 0.262. The number of methoxy groups -OCH3 is 1. The van der Waals surface area contributed by atoms with Gasteiger partial charge in [0.15, 0.2) is 0 Å². The maximum Gasteiger partial charge on any atom is 0.221 e. The molecule has 6 heteroatoms. The number of pyridine rings is 1. The summed E-state index contributed by atoms with van der Waals surface area (Å²) in [5.74, 6) is 1.58. The number of nitrogens with one attached hydrogen (secondary N) is 1. The van der Waals surface area contributed by atoms with Crippen LogP contribution in [0.25, 0.3) is 0 Å². The molecular formula is C15H21N5O. The highest BCUT2D eigenvalue weighted by Gasteiger charge is 2.07. The number of nitrogen functional groups attached to an aromatic ring is 1. The molecule has 2 aromatic heterocycles. The molecule has 6 nitrogen and oxygen atoms in total. The zero-order valence-electron chi connectivity index (χ0n) is 12.5. The van der Waals surface area contributed by atoms with Crippen molar-refractivity contribution in [1.82, 2.24) is 15.0 Å². The summed E-state index contributed by atoms with van der Waals surface area (Å²) in [6, 6.07) is 3.68. The van der Waals surface area contributed by atoms with Gasteiger partial charge in [-0.05, 0) is 18.9 Å². The molecule has 0 unspecified atom stereocenters. The molecule has 0 saturated carbocycles. The third-order valence-electron chi connectivity index (χ3n) is 3.14. The second-order valence-corrected chi connectivity index (χ2v) is 4.77. The van der Waals surface area contributed by atoms with Crippen LogP contribution in [0.5, 0.6) is 5.88 Å². The molecule has 2 heterocycles. The van der Waals surface area contributed by atoms with Crippen LogP contribution in [-0.2, 0) is 6.42 Å². The van der Waals surface area contributed by atoms with E-state index in [4.69, 9.17) is 10.5 Å². The van der Waals surface area contributed by atoms with Gasteiger partial charge in [0.25, 0.3) is 0 Å². The van der Waals surface area contributed by atoms with E-state index in [0.29, 0.717) is 5.88 Å². The van der Waals surface area contributed by atoms with Crippen molar-refractivity contribution in [1.29, 1.82) is 0 Å². The Balaban J connectivity index is 2.14. The summed E-state index contributed by atoms with van der Waals surface area (Å²) in [7, 11) is 1.59. The van der Waals surface area contributed by atoms with Gasteiger partial charge in [0.2, 0.25) is 11.8 Å². The van der Waals surface area contributed by atoms with Gasteiger partial charge in [-0.3, -0.25) is 0 Å². The summed E-state index contributed by atoms with van der Waals surface area (Å²) < 4.78 is 5.04. The fourth-order valence-electron chi connectivity index (χ4n) is 1.99. The summed E-state index contributed by atoms with van der Waals surface area (Å²) in [6.07, 6.45) is 7.90. The molecule has 3 N–H and O–H groups in total. The zero-order chi connectivity index (χ0) is 15.1. The van der Waals surface area contributed by atoms with Gasteiger partial charge in [0.05, 0.1) is 19.0 Å². The van der Waals surface area contributed by atoms with E-state index >= 15 is 0 Å². The molecule has 0 aromatic carbocycles. The van der Waals surface area contributed by atoms with E-state index < -0.39 is 0 Å². The number of hydrogen-bond donors (Lipinski definition) is 2. The van der Waals surface area contributed by atoms with Gasteiger partial charge in [0.1, 0.15) is 5.82 Å². The first-order chi connectivity index (χ1) is 10.2. The lowest BCUT2D eigenvalue weighted by atomic mass is 10.1. The third-order valence-corrected chi connectivity index (χ3v) is 3.14. The Morgan fingerprint density at radius 1 is 1.19 bits per heavy atom. The molecule has 0 bridgehead atoms. The summed E-state index contributed by atoms with van der Waals surface area (Å²) in [6.45, 7) is 2.18. The van der Waals surface area contributed by atoms with Crippen LogP contribution in [0, 0.1) is 0 Å². The van der Waals surface area contributed by atoms with E-state index in [1.54, 1.807) is 25.6 Å². The van der Waals surface area contributed by atoms with Crippen LogP contribution in [0.4, 0.5) is 17.5 Å². The molecule has 0 spiro atoms. The normalized spacial score (nSPS) is 10.4. The highest BCUT2D eigenvalue weighted by molar-refractivity contribution is 5.59. The smallest absolute Gasteiger partial charge is 0.221 e. The minimum Gasteiger partial charge on any atom is -0.481 e. The standard InChI is InChI=1S/C15H21N5O/c1-3-4-5-6-11-9-18-15(16)20-14(11)19-12-7-8-13(21-2)17-10-12/h7-10H,3-6H2,1-2H3,(H3,16,18,19,20). The number of nitrogens with zero attached hydrogens (tertiary/aromatic N) is 3. The molecule has 2 rings (SSSR count). The maximum atomic E-state index is 5.68. The average Bonchev–Trinajstić information content (AvgIpc) is 2.50. The summed E-state index contributed by atoms with van der Waals surface area (Å²) in [4.78, 5) is 12.5. The van der Waals surface area contributed by atoms with Crippen molar-refractivity contribution in [2.75, 3.05) is 18.2 Å². The van der Waals surface area contributed by atoms with Crippen molar-refractivity contribution >= 4 is 17.5 Å². The molecule has 21 heavy (non-hydrogen) atoms. The van der Waals surface area contributed by atoms with Crippen molar-refractivity contribution < 1.29 is 4.74 Å². The van der Waals surface area contributed by atoms with Gasteiger partial charge in [-0.15, -0.1) is 0 Å². The molecule has 0 fully saturated rings. The highest BCUT2D eigenvalue weighted by Crippen LogP contribution is 2.21. The van der Waals surface area contributed by atoms with Gasteiger partial charge in [-0.1, -0.05) is 19.8 Å². The SMILES string of the molecule is CCCCCc1cnc(N)nc1Nc1ccc(OC)nc1. The van der Waals surface area contributed by atoms with E-state index in [1.165, 1.54) is 12.8 Å². The van der Waals surface area contributed by atoms with Gasteiger partial charge >= 0.3 is 0 Å². The molecule has 0 saturated heterocycles. The summed E-state index contributed by atoms with van der Waals surface area (Å²) >= 11 is 0. The van der Waals surface area contributed by atoms with E-state index in [-0.39, 0.29) is 5.95 Å². The molecular weight excluding hydrogens is 266 g/mol. The van der Waals surface area contributed by atoms with Crippen LogP contribution in [0.3, 0.4) is 0 Å². The first kappa shape index (κ1) is 15.0. The zero-order valence-corrected chi connectivity index (χ0v) is 12.5. The lowest BCUT2D eigenvalue weighted by Gasteiger charge is -2.11. The average molecular weight is 287 g/mol. The number of rotatable bonds is 7. The number of nitrogens with two attached hydrogens (primary N) is 1. The number of hydrogen-bond acceptors (Lipinski definition) is 6. The Bertz CT molecular complexity index is 571. The van der Waals surface area contributed by atoms with Crippen molar-refractivity contribution in [2.45, 2.75) is 32.6 Å². The van der Waals surface area contributed by atoms with Crippen LogP contribution in [0.1, 0.15) is 31.7 Å². The molecule has 0 aliphatic carbocycles. The molecule has 112 valence electrons. The lowest BCUT2D eigenvalue weighted by molar-refractivity contribution is 0.398. The van der Waals surface area contributed by atoms with E-state index in [2.05, 4.69) is 27.2 Å². The van der Waals surface area contributed by atoms with Crippen molar-refractivity contribution in [2.24, 2.45) is 0 Å². The molecule has 0 atom stereocenters. The first-order valence-corrected chi connectivity index (χ1v) is 7.11. The molecule has 0 amide bonds. The first-order valence-electron chi connectivity index (χ1n) is 7.11. The fourth-order valence-corrected chi connectivity index (χ4v) is 1.99. The van der Waals surface area contributed by atoms with Crippen LogP contribution >= 0.6 is 0 Å². The van der Waals surface area contributed by atoms with Crippen LogP contribution in [0.15, 0.2) is 24.5 Å². The molecule has 2 aromatic rings. The maximum absolute atomic E-state index is 5.68. The quantitative estimate of drug-likeness (QED) is 0.761. The summed E-state index contributed by atoms with van der Waals surface area (Å²) in [5.41, 5.74) is 7.59. The lowest BCUT2D eigenvalue weighted by Crippen LogP contribution is -2.04. The number of ether oxygens (including phenoxy) is 1. The van der Waals surface area contributed by atoms with Crippen LogP contribution < -0.4 is 15.8 Å². The van der Waals surface area contributed by atoms with E-state index in [1.807, 2.05) is 6.07 Å². The number of aromatic nitrogens is 3. The predicted octanol–water partition coefficient (Wildman–Crippen LogP) is 2.94. The van der Waals surface area contributed by atoms with Crippen molar-refractivity contribution in [3.63, 3.8) is 0 Å². The monoisotopic (exact) mass is 287 g/mol. The predicted molar refractivity (Wildman–Crippen MR) is 83.7 cm³/mol. The van der Waals surface area contributed by atoms with Gasteiger partial charge < -0.3 is 15.8 Å². The topological polar surface area (TPSA) is 86.0 Å². The third kappa shape index (κ3) is 4.30. The second-order valence-electron chi connectivity index (χ2n) is 4.77. The molecule has 0 aliphatic heterocycles. The van der Waals surface area contributed by atoms with Crippen LogP contribution in [-0.4, -0.2) is 22.1 Å². The van der Waals surface area contributed by atoms with Gasteiger partial charge in [0, 0.05) is 17.8 Å². The number of aryl methyl sites for hydroxylation is 1. The molecule has 0 radical (unpaired) electrons. The minimum absolute atomic E-state index is 0.262. The molecule has 0 aliphatic rings. The Morgan fingerprint density at radius 3 is 2.71 bits per heavy atom.